The van der Waals surface area contributed by atoms with Crippen LogP contribution in [0.2, 0.25) is 0 Å². The highest BCUT2D eigenvalue weighted by Gasteiger charge is 2.16. The van der Waals surface area contributed by atoms with E-state index in [-0.39, 0.29) is 6.54 Å². The van der Waals surface area contributed by atoms with E-state index in [1.54, 1.807) is 0 Å². The van der Waals surface area contributed by atoms with Gasteiger partial charge in [0.05, 0.1) is 0 Å². The van der Waals surface area contributed by atoms with Crippen LogP contribution in [0.25, 0.3) is 0 Å². The lowest BCUT2D eigenvalue weighted by Gasteiger charge is -2.21. The summed E-state index contributed by atoms with van der Waals surface area (Å²) in [6.45, 7) is 2.12. The number of hydrogen-bond acceptors (Lipinski definition) is 2. The third-order valence-electron chi connectivity index (χ3n) is 2.99. The van der Waals surface area contributed by atoms with Crippen LogP contribution in [-0.2, 0) is 4.79 Å². The van der Waals surface area contributed by atoms with E-state index in [1.807, 2.05) is 0 Å². The molecule has 0 aromatic heterocycles. The number of carboxylic acids is 1. The highest BCUT2D eigenvalue weighted by Crippen LogP contribution is 2.10. The molecule has 2 amide bonds. The maximum atomic E-state index is 12.8. The Bertz CT molecular complexity index is 462. The molecule has 1 aromatic rings. The summed E-state index contributed by atoms with van der Waals surface area (Å²) in [5.74, 6) is -1.45. The van der Waals surface area contributed by atoms with E-state index in [4.69, 9.17) is 5.11 Å². The Morgan fingerprint density at radius 1 is 1.19 bits per heavy atom. The fourth-order valence-electron chi connectivity index (χ4n) is 1.88. The number of carbonyl (C=O) groups is 2. The summed E-state index contributed by atoms with van der Waals surface area (Å²) in [6, 6.07) is 4.85. The molecule has 6 heteroatoms. The molecule has 0 aliphatic carbocycles. The SMILES string of the molecule is CCCCCCN(CC(=O)O)C(=O)Nc1ccc(F)cc1. The fourth-order valence-corrected chi connectivity index (χ4v) is 1.88. The van der Waals surface area contributed by atoms with E-state index >= 15 is 0 Å². The molecule has 5 nitrogen and oxygen atoms in total. The molecule has 0 bridgehead atoms. The first kappa shape index (κ1) is 16.9. The number of nitrogens with zero attached hydrogens (tertiary/aromatic N) is 1. The van der Waals surface area contributed by atoms with Gasteiger partial charge in [-0.1, -0.05) is 26.2 Å². The number of benzene rings is 1. The Morgan fingerprint density at radius 2 is 1.86 bits per heavy atom. The summed E-state index contributed by atoms with van der Waals surface area (Å²) >= 11 is 0. The Morgan fingerprint density at radius 3 is 2.43 bits per heavy atom. The van der Waals surface area contributed by atoms with Crippen molar-refractivity contribution in [1.82, 2.24) is 4.90 Å². The number of hydrogen-bond donors (Lipinski definition) is 2. The van der Waals surface area contributed by atoms with E-state index in [0.29, 0.717) is 12.2 Å². The molecular formula is C15H21FN2O3. The summed E-state index contributed by atoms with van der Waals surface area (Å²) in [4.78, 5) is 24.1. The van der Waals surface area contributed by atoms with Crippen LogP contribution < -0.4 is 5.32 Å². The molecule has 0 atom stereocenters. The van der Waals surface area contributed by atoms with Gasteiger partial charge < -0.3 is 15.3 Å². The number of urea groups is 1. The second-order valence-corrected chi connectivity index (χ2v) is 4.81. The van der Waals surface area contributed by atoms with Gasteiger partial charge in [0.1, 0.15) is 12.4 Å². The molecule has 0 spiro atoms. The van der Waals surface area contributed by atoms with E-state index < -0.39 is 17.8 Å². The molecule has 21 heavy (non-hydrogen) atoms. The molecule has 1 rings (SSSR count). The maximum Gasteiger partial charge on any atom is 0.323 e. The van der Waals surface area contributed by atoms with Gasteiger partial charge in [0.25, 0.3) is 0 Å². The standard InChI is InChI=1S/C15H21FN2O3/c1-2-3-4-5-10-18(11-14(19)20)15(21)17-13-8-6-12(16)7-9-13/h6-9H,2-5,10-11H2,1H3,(H,17,21)(H,19,20). The van der Waals surface area contributed by atoms with E-state index in [2.05, 4.69) is 12.2 Å². The Kier molecular flexibility index (Phi) is 7.21. The van der Waals surface area contributed by atoms with E-state index in [9.17, 15) is 14.0 Å². The van der Waals surface area contributed by atoms with Gasteiger partial charge in [-0.15, -0.1) is 0 Å². The van der Waals surface area contributed by atoms with Crippen LogP contribution in [-0.4, -0.2) is 35.1 Å². The molecule has 0 fully saturated rings. The average molecular weight is 296 g/mol. The number of anilines is 1. The van der Waals surface area contributed by atoms with Gasteiger partial charge in [-0.3, -0.25) is 4.79 Å². The van der Waals surface area contributed by atoms with E-state index in [1.165, 1.54) is 29.2 Å². The minimum atomic E-state index is -1.06. The fraction of sp³-hybridized carbons (Fsp3) is 0.467. The minimum absolute atomic E-state index is 0.348. The minimum Gasteiger partial charge on any atom is -0.480 e. The number of carboxylic acid groups (broad SMARTS) is 1. The van der Waals surface area contributed by atoms with Gasteiger partial charge in [0.2, 0.25) is 0 Å². The number of rotatable bonds is 8. The highest BCUT2D eigenvalue weighted by atomic mass is 19.1. The number of amides is 2. The van der Waals surface area contributed by atoms with Crippen molar-refractivity contribution in [2.75, 3.05) is 18.4 Å². The van der Waals surface area contributed by atoms with Crippen molar-refractivity contribution in [3.8, 4) is 0 Å². The molecule has 2 N–H and O–H groups in total. The van der Waals surface area contributed by atoms with Gasteiger partial charge in [0, 0.05) is 12.2 Å². The first-order chi connectivity index (χ1) is 10.0. The van der Waals surface area contributed by atoms with Crippen LogP contribution in [0.5, 0.6) is 0 Å². The Labute approximate surface area is 123 Å². The quantitative estimate of drug-likeness (QED) is 0.723. The Hall–Kier alpha value is -2.11. The Balaban J connectivity index is 2.57. The summed E-state index contributed by atoms with van der Waals surface area (Å²) in [6.07, 6.45) is 3.84. The van der Waals surface area contributed by atoms with Crippen molar-refractivity contribution >= 4 is 17.7 Å². The van der Waals surface area contributed by atoms with Crippen molar-refractivity contribution in [3.63, 3.8) is 0 Å². The summed E-state index contributed by atoms with van der Waals surface area (Å²) in [5, 5.41) is 11.4. The van der Waals surface area contributed by atoms with Crippen molar-refractivity contribution in [2.24, 2.45) is 0 Å². The second-order valence-electron chi connectivity index (χ2n) is 4.81. The predicted molar refractivity (Wildman–Crippen MR) is 78.8 cm³/mol. The van der Waals surface area contributed by atoms with Gasteiger partial charge in [-0.25, -0.2) is 9.18 Å². The normalized spacial score (nSPS) is 10.2. The van der Waals surface area contributed by atoms with Gasteiger partial charge in [-0.2, -0.15) is 0 Å². The summed E-state index contributed by atoms with van der Waals surface area (Å²) in [7, 11) is 0. The van der Waals surface area contributed by atoms with Crippen LogP contribution in [0.4, 0.5) is 14.9 Å². The second kappa shape index (κ2) is 8.94. The van der Waals surface area contributed by atoms with Crippen LogP contribution in [0.1, 0.15) is 32.6 Å². The smallest absolute Gasteiger partial charge is 0.323 e. The zero-order valence-corrected chi connectivity index (χ0v) is 12.1. The highest BCUT2D eigenvalue weighted by molar-refractivity contribution is 5.91. The van der Waals surface area contributed by atoms with Gasteiger partial charge >= 0.3 is 12.0 Å². The van der Waals surface area contributed by atoms with Gasteiger partial charge in [0.15, 0.2) is 0 Å². The lowest BCUT2D eigenvalue weighted by Crippen LogP contribution is -2.39. The molecular weight excluding hydrogens is 275 g/mol. The lowest BCUT2D eigenvalue weighted by atomic mass is 10.2. The molecule has 0 saturated carbocycles. The number of aliphatic carboxylic acids is 1. The average Bonchev–Trinajstić information content (AvgIpc) is 2.44. The third kappa shape index (κ3) is 6.74. The maximum absolute atomic E-state index is 12.8. The first-order valence-corrected chi connectivity index (χ1v) is 7.06. The van der Waals surface area contributed by atoms with Crippen LogP contribution in [0.15, 0.2) is 24.3 Å². The van der Waals surface area contributed by atoms with Gasteiger partial charge in [-0.05, 0) is 30.7 Å². The molecule has 116 valence electrons. The number of halogens is 1. The number of unbranched alkanes of at least 4 members (excludes halogenated alkanes) is 3. The number of nitrogens with one attached hydrogen (secondary N) is 1. The predicted octanol–water partition coefficient (Wildman–Crippen LogP) is 3.32. The molecule has 0 unspecified atom stereocenters. The van der Waals surface area contributed by atoms with Crippen molar-refractivity contribution in [3.05, 3.63) is 30.1 Å². The van der Waals surface area contributed by atoms with Crippen molar-refractivity contribution < 1.29 is 19.1 Å². The molecule has 0 aliphatic heterocycles. The molecule has 0 radical (unpaired) electrons. The number of carbonyl (C=O) groups excluding carboxylic acids is 1. The van der Waals surface area contributed by atoms with Crippen molar-refractivity contribution in [2.45, 2.75) is 32.6 Å². The first-order valence-electron chi connectivity index (χ1n) is 7.06. The third-order valence-corrected chi connectivity index (χ3v) is 2.99. The topological polar surface area (TPSA) is 69.6 Å². The zero-order chi connectivity index (χ0) is 15.7. The molecule has 0 heterocycles. The van der Waals surface area contributed by atoms with Crippen molar-refractivity contribution in [1.29, 1.82) is 0 Å². The monoisotopic (exact) mass is 296 g/mol. The zero-order valence-electron chi connectivity index (χ0n) is 12.1. The largest absolute Gasteiger partial charge is 0.480 e. The van der Waals surface area contributed by atoms with Crippen LogP contribution in [0.3, 0.4) is 0 Å². The molecule has 0 saturated heterocycles. The van der Waals surface area contributed by atoms with E-state index in [0.717, 1.165) is 25.7 Å². The molecule has 1 aromatic carbocycles. The lowest BCUT2D eigenvalue weighted by molar-refractivity contribution is -0.137. The molecule has 0 aliphatic rings. The summed E-state index contributed by atoms with van der Waals surface area (Å²) in [5.41, 5.74) is 0.436. The van der Waals surface area contributed by atoms with Crippen LogP contribution in [0, 0.1) is 5.82 Å². The van der Waals surface area contributed by atoms with Crippen LogP contribution >= 0.6 is 0 Å². The summed E-state index contributed by atoms with van der Waals surface area (Å²) < 4.78 is 12.8.